The summed E-state index contributed by atoms with van der Waals surface area (Å²) in [4.78, 5) is 34.3. The third-order valence-electron chi connectivity index (χ3n) is 4.23. The number of hydrogen-bond donors (Lipinski definition) is 1. The van der Waals surface area contributed by atoms with Gasteiger partial charge in [0.05, 0.1) is 4.92 Å². The summed E-state index contributed by atoms with van der Waals surface area (Å²) in [5, 5.41) is 22.1. The lowest BCUT2D eigenvalue weighted by molar-refractivity contribution is -0.386. The van der Waals surface area contributed by atoms with E-state index in [1.165, 1.54) is 16.3 Å². The second kappa shape index (κ2) is 7.43. The Labute approximate surface area is 159 Å². The molecule has 0 fully saturated rings. The summed E-state index contributed by atoms with van der Waals surface area (Å²) < 4.78 is 2.93. The second-order valence-electron chi connectivity index (χ2n) is 6.25. The third kappa shape index (κ3) is 3.80. The van der Waals surface area contributed by atoms with E-state index >= 15 is 0 Å². The highest BCUT2D eigenvalue weighted by Gasteiger charge is 2.22. The Bertz CT molecular complexity index is 1060. The van der Waals surface area contributed by atoms with Crippen LogP contribution < -0.4 is 5.32 Å². The van der Waals surface area contributed by atoms with Crippen LogP contribution >= 0.6 is 0 Å². The van der Waals surface area contributed by atoms with Gasteiger partial charge in [0, 0.05) is 17.4 Å². The molecule has 0 aliphatic heterocycles. The SMILES string of the molecule is CC(=O)c1ccc(NC(=O)c2ccn(Cn3nc(C)c([N+](=O)[O-])c3C)n2)cc1. The normalized spacial score (nSPS) is 10.7. The molecule has 10 heteroatoms. The number of anilines is 1. The monoisotopic (exact) mass is 382 g/mol. The molecule has 0 bridgehead atoms. The molecule has 2 heterocycles. The minimum absolute atomic E-state index is 0.0286. The van der Waals surface area contributed by atoms with E-state index in [2.05, 4.69) is 15.5 Å². The number of nitro groups is 1. The number of nitrogens with one attached hydrogen (secondary N) is 1. The van der Waals surface area contributed by atoms with Crippen molar-refractivity contribution in [2.24, 2.45) is 0 Å². The molecule has 2 aromatic heterocycles. The number of nitrogens with zero attached hydrogens (tertiary/aromatic N) is 5. The predicted molar refractivity (Wildman–Crippen MR) is 100 cm³/mol. The van der Waals surface area contributed by atoms with Crippen molar-refractivity contribution in [3.05, 3.63) is 69.3 Å². The van der Waals surface area contributed by atoms with Gasteiger partial charge in [0.2, 0.25) is 0 Å². The standard InChI is InChI=1S/C18H18N6O4/c1-11-17(24(27)28)12(2)23(20-11)10-22-9-8-16(21-22)18(26)19-15-6-4-14(5-7-15)13(3)25/h4-9H,10H2,1-3H3,(H,19,26). The van der Waals surface area contributed by atoms with Crippen molar-refractivity contribution in [3.63, 3.8) is 0 Å². The van der Waals surface area contributed by atoms with Gasteiger partial charge in [0.25, 0.3) is 5.91 Å². The van der Waals surface area contributed by atoms with Crippen LogP contribution in [0.2, 0.25) is 0 Å². The summed E-state index contributed by atoms with van der Waals surface area (Å²) in [6.07, 6.45) is 1.59. The van der Waals surface area contributed by atoms with Crippen LogP contribution in [-0.2, 0) is 6.67 Å². The molecular weight excluding hydrogens is 364 g/mol. The Morgan fingerprint density at radius 2 is 1.82 bits per heavy atom. The van der Waals surface area contributed by atoms with Crippen LogP contribution in [0.4, 0.5) is 11.4 Å². The highest BCUT2D eigenvalue weighted by atomic mass is 16.6. The van der Waals surface area contributed by atoms with Crippen molar-refractivity contribution in [2.75, 3.05) is 5.32 Å². The van der Waals surface area contributed by atoms with E-state index in [0.29, 0.717) is 22.6 Å². The molecule has 0 spiro atoms. The fraction of sp³-hybridized carbons (Fsp3) is 0.222. The number of Topliss-reactive ketones (excluding diaryl/α,β-unsaturated/α-hetero) is 1. The number of benzene rings is 1. The first-order valence-electron chi connectivity index (χ1n) is 8.40. The molecule has 0 radical (unpaired) electrons. The van der Waals surface area contributed by atoms with Crippen LogP contribution in [0.3, 0.4) is 0 Å². The Morgan fingerprint density at radius 1 is 1.14 bits per heavy atom. The van der Waals surface area contributed by atoms with Crippen molar-refractivity contribution < 1.29 is 14.5 Å². The summed E-state index contributed by atoms with van der Waals surface area (Å²) >= 11 is 0. The molecule has 0 unspecified atom stereocenters. The number of aryl methyl sites for hydroxylation is 1. The van der Waals surface area contributed by atoms with E-state index in [1.54, 1.807) is 50.4 Å². The Hall–Kier alpha value is -3.82. The number of carbonyl (C=O) groups is 2. The molecule has 3 aromatic rings. The second-order valence-corrected chi connectivity index (χ2v) is 6.25. The maximum Gasteiger partial charge on any atom is 0.312 e. The molecule has 1 aromatic carbocycles. The van der Waals surface area contributed by atoms with Gasteiger partial charge in [0.1, 0.15) is 18.1 Å². The van der Waals surface area contributed by atoms with E-state index in [4.69, 9.17) is 0 Å². The highest BCUT2D eigenvalue weighted by molar-refractivity contribution is 6.03. The van der Waals surface area contributed by atoms with Crippen LogP contribution in [0.25, 0.3) is 0 Å². The molecule has 1 amide bonds. The maximum atomic E-state index is 12.3. The molecule has 3 rings (SSSR count). The van der Waals surface area contributed by atoms with Crippen LogP contribution in [0.1, 0.15) is 39.2 Å². The summed E-state index contributed by atoms with van der Waals surface area (Å²) in [7, 11) is 0. The van der Waals surface area contributed by atoms with E-state index in [0.717, 1.165) is 0 Å². The fourth-order valence-electron chi connectivity index (χ4n) is 2.77. The molecular formula is C18H18N6O4. The summed E-state index contributed by atoms with van der Waals surface area (Å²) in [5.74, 6) is -0.463. The van der Waals surface area contributed by atoms with E-state index in [9.17, 15) is 19.7 Å². The molecule has 0 aliphatic rings. The largest absolute Gasteiger partial charge is 0.321 e. The average Bonchev–Trinajstić information content (AvgIpc) is 3.20. The van der Waals surface area contributed by atoms with Crippen molar-refractivity contribution >= 4 is 23.1 Å². The zero-order valence-corrected chi connectivity index (χ0v) is 15.5. The van der Waals surface area contributed by atoms with Crippen LogP contribution in [0, 0.1) is 24.0 Å². The van der Waals surface area contributed by atoms with Gasteiger partial charge in [-0.15, -0.1) is 0 Å². The van der Waals surface area contributed by atoms with Crippen molar-refractivity contribution in [3.8, 4) is 0 Å². The first kappa shape index (κ1) is 19.0. The van der Waals surface area contributed by atoms with Crippen LogP contribution in [-0.4, -0.2) is 36.2 Å². The lowest BCUT2D eigenvalue weighted by Crippen LogP contribution is -2.15. The number of amides is 1. The minimum Gasteiger partial charge on any atom is -0.321 e. The Kier molecular flexibility index (Phi) is 5.03. The quantitative estimate of drug-likeness (QED) is 0.397. The first-order chi connectivity index (χ1) is 13.3. The molecule has 0 atom stereocenters. The molecule has 144 valence electrons. The number of rotatable bonds is 6. The van der Waals surface area contributed by atoms with Gasteiger partial charge in [-0.1, -0.05) is 0 Å². The number of hydrogen-bond acceptors (Lipinski definition) is 6. The minimum atomic E-state index is -0.465. The average molecular weight is 382 g/mol. The molecule has 1 N–H and O–H groups in total. The zero-order valence-electron chi connectivity index (χ0n) is 15.5. The summed E-state index contributed by atoms with van der Waals surface area (Å²) in [5.41, 5.74) is 1.99. The topological polar surface area (TPSA) is 125 Å². The third-order valence-corrected chi connectivity index (χ3v) is 4.23. The smallest absolute Gasteiger partial charge is 0.312 e. The lowest BCUT2D eigenvalue weighted by atomic mass is 10.1. The number of carbonyl (C=O) groups excluding carboxylic acids is 2. The number of aromatic nitrogens is 4. The van der Waals surface area contributed by atoms with E-state index in [-0.39, 0.29) is 23.8 Å². The first-order valence-corrected chi connectivity index (χ1v) is 8.40. The van der Waals surface area contributed by atoms with Crippen molar-refractivity contribution in [1.29, 1.82) is 0 Å². The zero-order chi connectivity index (χ0) is 20.4. The molecule has 28 heavy (non-hydrogen) atoms. The highest BCUT2D eigenvalue weighted by Crippen LogP contribution is 2.21. The van der Waals surface area contributed by atoms with Gasteiger partial charge in [-0.25, -0.2) is 4.68 Å². The number of ketones is 1. The maximum absolute atomic E-state index is 12.3. The molecule has 0 saturated carbocycles. The van der Waals surface area contributed by atoms with Crippen molar-refractivity contribution in [1.82, 2.24) is 19.6 Å². The fourth-order valence-corrected chi connectivity index (χ4v) is 2.77. The Morgan fingerprint density at radius 3 is 2.39 bits per heavy atom. The van der Waals surface area contributed by atoms with Gasteiger partial charge >= 0.3 is 5.69 Å². The Balaban J connectivity index is 1.71. The van der Waals surface area contributed by atoms with Gasteiger partial charge in [-0.05, 0) is 51.1 Å². The van der Waals surface area contributed by atoms with Gasteiger partial charge in [0.15, 0.2) is 11.5 Å². The molecule has 10 nitrogen and oxygen atoms in total. The van der Waals surface area contributed by atoms with Gasteiger partial charge in [-0.3, -0.25) is 24.4 Å². The lowest BCUT2D eigenvalue weighted by Gasteiger charge is -2.05. The van der Waals surface area contributed by atoms with Crippen molar-refractivity contribution in [2.45, 2.75) is 27.4 Å². The molecule has 0 saturated heterocycles. The van der Waals surface area contributed by atoms with E-state index < -0.39 is 10.8 Å². The van der Waals surface area contributed by atoms with Gasteiger partial charge in [-0.2, -0.15) is 10.2 Å². The van der Waals surface area contributed by atoms with E-state index in [1.807, 2.05) is 0 Å². The predicted octanol–water partition coefficient (Wildman–Crippen LogP) is 2.57. The van der Waals surface area contributed by atoms with Crippen LogP contribution in [0.15, 0.2) is 36.5 Å². The summed E-state index contributed by atoms with van der Waals surface area (Å²) in [6.45, 7) is 4.79. The molecule has 0 aliphatic carbocycles. The van der Waals surface area contributed by atoms with Gasteiger partial charge < -0.3 is 5.32 Å². The summed E-state index contributed by atoms with van der Waals surface area (Å²) in [6, 6.07) is 8.08. The van der Waals surface area contributed by atoms with Crippen LogP contribution in [0.5, 0.6) is 0 Å².